The predicted octanol–water partition coefficient (Wildman–Crippen LogP) is 2.67. The smallest absolute Gasteiger partial charge is 0.254 e. The third-order valence-corrected chi connectivity index (χ3v) is 4.28. The molecule has 2 aromatic carbocycles. The number of nitrogen functional groups attached to an aromatic ring is 1. The molecule has 1 fully saturated rings. The second-order valence-electron chi connectivity index (χ2n) is 5.84. The van der Waals surface area contributed by atoms with E-state index in [4.69, 9.17) is 5.73 Å². The number of hydrogen-bond donors (Lipinski definition) is 2. The van der Waals surface area contributed by atoms with Gasteiger partial charge in [0.05, 0.1) is 5.69 Å². The number of para-hydroxylation sites is 2. The second kappa shape index (κ2) is 7.45. The summed E-state index contributed by atoms with van der Waals surface area (Å²) in [5.41, 5.74) is 8.83. The molecule has 3 rings (SSSR count). The zero-order valence-electron chi connectivity index (χ0n) is 13.6. The van der Waals surface area contributed by atoms with E-state index in [1.807, 2.05) is 36.1 Å². The zero-order valence-corrected chi connectivity index (χ0v) is 14.4. The van der Waals surface area contributed by atoms with Crippen molar-refractivity contribution >= 4 is 29.7 Å². The number of aryl methyl sites for hydroxylation is 1. The van der Waals surface area contributed by atoms with Gasteiger partial charge in [-0.2, -0.15) is 0 Å². The average molecular weight is 348 g/mol. The molecule has 1 aliphatic rings. The Morgan fingerprint density at radius 2 is 1.75 bits per heavy atom. The number of hydrogen-bond acceptors (Lipinski definition) is 4. The number of anilines is 2. The first-order valence-corrected chi connectivity index (χ1v) is 7.74. The summed E-state index contributed by atoms with van der Waals surface area (Å²) in [6, 6.07) is 12.7. The molecule has 128 valence electrons. The standard InChI is InChI=1S/C18H21N3O2.ClH/c1-13-6-7-14(19)12-15(13)18(23)21-10-8-20(9-11-21)16-4-2-3-5-17(16)22;/h2-7,12,22H,8-11,19H2,1H3;1H. The molecule has 0 radical (unpaired) electrons. The lowest BCUT2D eigenvalue weighted by Gasteiger charge is -2.36. The Balaban J connectivity index is 0.00000208. The third-order valence-electron chi connectivity index (χ3n) is 4.28. The Bertz CT molecular complexity index is 728. The van der Waals surface area contributed by atoms with Gasteiger partial charge in [0, 0.05) is 37.4 Å². The average Bonchev–Trinajstić information content (AvgIpc) is 2.57. The van der Waals surface area contributed by atoms with E-state index in [0.717, 1.165) is 11.3 Å². The third kappa shape index (κ3) is 3.57. The second-order valence-corrected chi connectivity index (χ2v) is 5.84. The maximum absolute atomic E-state index is 12.7. The summed E-state index contributed by atoms with van der Waals surface area (Å²) in [5, 5.41) is 9.95. The van der Waals surface area contributed by atoms with E-state index in [9.17, 15) is 9.90 Å². The van der Waals surface area contributed by atoms with Gasteiger partial charge in [0.25, 0.3) is 5.91 Å². The van der Waals surface area contributed by atoms with Crippen molar-refractivity contribution in [2.24, 2.45) is 0 Å². The summed E-state index contributed by atoms with van der Waals surface area (Å²) in [7, 11) is 0. The molecule has 2 aromatic rings. The van der Waals surface area contributed by atoms with Gasteiger partial charge < -0.3 is 20.6 Å². The molecule has 0 bridgehead atoms. The molecular formula is C18H22ClN3O2. The van der Waals surface area contributed by atoms with Crippen LogP contribution in [0.4, 0.5) is 11.4 Å². The molecule has 1 saturated heterocycles. The molecule has 5 nitrogen and oxygen atoms in total. The van der Waals surface area contributed by atoms with Crippen molar-refractivity contribution in [1.29, 1.82) is 0 Å². The minimum Gasteiger partial charge on any atom is -0.506 e. The molecule has 6 heteroatoms. The zero-order chi connectivity index (χ0) is 16.4. The van der Waals surface area contributed by atoms with Crippen LogP contribution in [0.3, 0.4) is 0 Å². The maximum atomic E-state index is 12.7. The highest BCUT2D eigenvalue weighted by atomic mass is 35.5. The molecular weight excluding hydrogens is 326 g/mol. The lowest BCUT2D eigenvalue weighted by molar-refractivity contribution is 0.0746. The first-order chi connectivity index (χ1) is 11.1. The van der Waals surface area contributed by atoms with Crippen LogP contribution in [0.15, 0.2) is 42.5 Å². The van der Waals surface area contributed by atoms with E-state index in [-0.39, 0.29) is 24.1 Å². The van der Waals surface area contributed by atoms with Gasteiger partial charge in [-0.1, -0.05) is 18.2 Å². The van der Waals surface area contributed by atoms with E-state index >= 15 is 0 Å². The Kier molecular flexibility index (Phi) is 5.57. The number of phenolic OH excluding ortho intramolecular Hbond substituents is 1. The summed E-state index contributed by atoms with van der Waals surface area (Å²) in [4.78, 5) is 16.6. The monoisotopic (exact) mass is 347 g/mol. The van der Waals surface area contributed by atoms with Gasteiger partial charge in [-0.05, 0) is 36.8 Å². The van der Waals surface area contributed by atoms with E-state index in [1.165, 1.54) is 0 Å². The van der Waals surface area contributed by atoms with Crippen LogP contribution in [0.2, 0.25) is 0 Å². The summed E-state index contributed by atoms with van der Waals surface area (Å²) in [6.07, 6.45) is 0. The topological polar surface area (TPSA) is 69.8 Å². The fourth-order valence-electron chi connectivity index (χ4n) is 2.92. The Labute approximate surface area is 148 Å². The van der Waals surface area contributed by atoms with Gasteiger partial charge in [-0.25, -0.2) is 0 Å². The van der Waals surface area contributed by atoms with Crippen molar-refractivity contribution in [3.05, 3.63) is 53.6 Å². The molecule has 1 heterocycles. The molecule has 1 amide bonds. The van der Waals surface area contributed by atoms with Gasteiger partial charge in [0.1, 0.15) is 5.75 Å². The first kappa shape index (κ1) is 17.9. The molecule has 0 spiro atoms. The molecule has 1 aliphatic heterocycles. The summed E-state index contributed by atoms with van der Waals surface area (Å²) >= 11 is 0. The van der Waals surface area contributed by atoms with Gasteiger partial charge in [0.15, 0.2) is 0 Å². The molecule has 0 atom stereocenters. The predicted molar refractivity (Wildman–Crippen MR) is 99.1 cm³/mol. The van der Waals surface area contributed by atoms with Crippen LogP contribution in [-0.2, 0) is 0 Å². The maximum Gasteiger partial charge on any atom is 0.254 e. The molecule has 24 heavy (non-hydrogen) atoms. The van der Waals surface area contributed by atoms with Crippen LogP contribution >= 0.6 is 12.4 Å². The summed E-state index contributed by atoms with van der Waals surface area (Å²) < 4.78 is 0. The molecule has 3 N–H and O–H groups in total. The van der Waals surface area contributed by atoms with Crippen LogP contribution in [0.25, 0.3) is 0 Å². The minimum absolute atomic E-state index is 0. The number of piperazine rings is 1. The number of aromatic hydroxyl groups is 1. The number of rotatable bonds is 2. The van der Waals surface area contributed by atoms with Gasteiger partial charge in [0.2, 0.25) is 0 Å². The van der Waals surface area contributed by atoms with Gasteiger partial charge in [-0.3, -0.25) is 4.79 Å². The van der Waals surface area contributed by atoms with Crippen LogP contribution in [0, 0.1) is 6.92 Å². The number of halogens is 1. The van der Waals surface area contributed by atoms with Crippen molar-refractivity contribution in [2.75, 3.05) is 36.8 Å². The number of nitrogens with two attached hydrogens (primary N) is 1. The fraction of sp³-hybridized carbons (Fsp3) is 0.278. The van der Waals surface area contributed by atoms with Crippen molar-refractivity contribution in [2.45, 2.75) is 6.92 Å². The van der Waals surface area contributed by atoms with Crippen LogP contribution in [0.5, 0.6) is 5.75 Å². The Morgan fingerprint density at radius 1 is 1.08 bits per heavy atom. The van der Waals surface area contributed by atoms with Gasteiger partial charge >= 0.3 is 0 Å². The molecule has 0 saturated carbocycles. The lowest BCUT2D eigenvalue weighted by atomic mass is 10.1. The van der Waals surface area contributed by atoms with Crippen LogP contribution < -0.4 is 10.6 Å². The number of amides is 1. The quantitative estimate of drug-likeness (QED) is 0.819. The molecule has 0 unspecified atom stereocenters. The van der Waals surface area contributed by atoms with E-state index in [1.54, 1.807) is 18.2 Å². The minimum atomic E-state index is 0. The number of carbonyl (C=O) groups excluding carboxylic acids is 1. The van der Waals surface area contributed by atoms with Crippen molar-refractivity contribution < 1.29 is 9.90 Å². The highest BCUT2D eigenvalue weighted by molar-refractivity contribution is 5.96. The summed E-state index contributed by atoms with van der Waals surface area (Å²) in [6.45, 7) is 4.57. The van der Waals surface area contributed by atoms with E-state index in [2.05, 4.69) is 4.90 Å². The van der Waals surface area contributed by atoms with Crippen LogP contribution in [-0.4, -0.2) is 42.1 Å². The Morgan fingerprint density at radius 3 is 2.42 bits per heavy atom. The van der Waals surface area contributed by atoms with Crippen LogP contribution in [0.1, 0.15) is 15.9 Å². The normalized spacial score (nSPS) is 14.2. The number of carbonyl (C=O) groups is 1. The van der Waals surface area contributed by atoms with E-state index in [0.29, 0.717) is 37.4 Å². The first-order valence-electron chi connectivity index (χ1n) is 7.74. The van der Waals surface area contributed by atoms with Crippen molar-refractivity contribution in [1.82, 2.24) is 4.90 Å². The fourth-order valence-corrected chi connectivity index (χ4v) is 2.92. The Hall–Kier alpha value is -2.40. The lowest BCUT2D eigenvalue weighted by Crippen LogP contribution is -2.49. The molecule has 0 aliphatic carbocycles. The van der Waals surface area contributed by atoms with Gasteiger partial charge in [-0.15, -0.1) is 12.4 Å². The SMILES string of the molecule is Cc1ccc(N)cc1C(=O)N1CCN(c2ccccc2O)CC1.Cl. The molecule has 0 aromatic heterocycles. The number of nitrogens with zero attached hydrogens (tertiary/aromatic N) is 2. The summed E-state index contributed by atoms with van der Waals surface area (Å²) in [5.74, 6) is 0.297. The number of phenols is 1. The highest BCUT2D eigenvalue weighted by Crippen LogP contribution is 2.27. The highest BCUT2D eigenvalue weighted by Gasteiger charge is 2.24. The van der Waals surface area contributed by atoms with Crippen molar-refractivity contribution in [3.63, 3.8) is 0 Å². The largest absolute Gasteiger partial charge is 0.506 e. The van der Waals surface area contributed by atoms with E-state index < -0.39 is 0 Å². The number of benzene rings is 2. The van der Waals surface area contributed by atoms with Crippen molar-refractivity contribution in [3.8, 4) is 5.75 Å².